The van der Waals surface area contributed by atoms with Crippen molar-refractivity contribution in [1.29, 1.82) is 0 Å². The van der Waals surface area contributed by atoms with Crippen molar-refractivity contribution in [2.75, 3.05) is 6.38 Å². The molecule has 2 nitrogen and oxygen atoms in total. The van der Waals surface area contributed by atoms with Gasteiger partial charge in [0.1, 0.15) is 0 Å². The van der Waals surface area contributed by atoms with Gasteiger partial charge in [-0.15, -0.1) is 11.6 Å². The highest BCUT2D eigenvalue weighted by Gasteiger charge is 1.93. The molecule has 0 fully saturated rings. The molecule has 13 heavy (non-hydrogen) atoms. The second-order valence-electron chi connectivity index (χ2n) is 1.73. The zero-order chi connectivity index (χ0) is 10.7. The van der Waals surface area contributed by atoms with Crippen LogP contribution in [0.3, 0.4) is 0 Å². The first-order valence-corrected chi connectivity index (χ1v) is 4.79. The second-order valence-corrected chi connectivity index (χ2v) is 1.73. The number of rotatable bonds is 1. The van der Waals surface area contributed by atoms with Crippen molar-refractivity contribution in [2.45, 2.75) is 13.8 Å². The Labute approximate surface area is 84.7 Å². The minimum absolute atomic E-state index is 0.379. The first kappa shape index (κ1) is 14.5. The van der Waals surface area contributed by atoms with E-state index in [9.17, 15) is 4.79 Å². The zero-order valence-electron chi connectivity index (χ0n) is 8.25. The number of carbonyl (C=O) groups is 1. The quantitative estimate of drug-likeness (QED) is 0.698. The molecule has 0 aliphatic rings. The highest BCUT2D eigenvalue weighted by Crippen LogP contribution is 1.94. The van der Waals surface area contributed by atoms with E-state index in [0.29, 0.717) is 5.56 Å². The molecule has 0 radical (unpaired) electrons. The van der Waals surface area contributed by atoms with Gasteiger partial charge in [0.2, 0.25) is 5.91 Å². The fourth-order valence-electron chi connectivity index (χ4n) is 0.602. The monoisotopic (exact) mass is 201 g/mol. The van der Waals surface area contributed by atoms with Crippen LogP contribution in [0.25, 0.3) is 0 Å². The van der Waals surface area contributed by atoms with E-state index in [1.165, 1.54) is 6.38 Å². The molecule has 74 valence electrons. The van der Waals surface area contributed by atoms with Crippen molar-refractivity contribution < 1.29 is 4.79 Å². The van der Waals surface area contributed by atoms with Crippen LogP contribution < -0.4 is 5.73 Å². The number of halogens is 1. The maximum Gasteiger partial charge on any atom is 0.248 e. The van der Waals surface area contributed by atoms with Crippen LogP contribution >= 0.6 is 11.6 Å². The van der Waals surface area contributed by atoms with E-state index in [2.05, 4.69) is 11.6 Å². The normalized spacial score (nSPS) is 7.08. The van der Waals surface area contributed by atoms with Crippen LogP contribution in [-0.4, -0.2) is 12.3 Å². The van der Waals surface area contributed by atoms with Crippen LogP contribution in [0.2, 0.25) is 0 Å². The Morgan fingerprint density at radius 2 is 1.54 bits per heavy atom. The number of hydrogen-bond acceptors (Lipinski definition) is 1. The van der Waals surface area contributed by atoms with E-state index in [1.54, 1.807) is 24.3 Å². The van der Waals surface area contributed by atoms with Gasteiger partial charge in [-0.1, -0.05) is 32.0 Å². The lowest BCUT2D eigenvalue weighted by Crippen LogP contribution is -2.09. The van der Waals surface area contributed by atoms with Gasteiger partial charge >= 0.3 is 0 Å². The van der Waals surface area contributed by atoms with E-state index in [1.807, 2.05) is 19.9 Å². The van der Waals surface area contributed by atoms with Gasteiger partial charge in [0, 0.05) is 11.9 Å². The molecular weight excluding hydrogens is 186 g/mol. The molecule has 0 aliphatic heterocycles. The topological polar surface area (TPSA) is 43.1 Å². The Bertz CT molecular complexity index is 211. The summed E-state index contributed by atoms with van der Waals surface area (Å²) >= 11 is 4.64. The third-order valence-corrected chi connectivity index (χ3v) is 1.06. The molecule has 0 saturated carbocycles. The molecule has 0 atom stereocenters. The van der Waals surface area contributed by atoms with Gasteiger partial charge in [-0.05, 0) is 12.1 Å². The fraction of sp³-hybridized carbons (Fsp3) is 0.300. The van der Waals surface area contributed by atoms with Gasteiger partial charge < -0.3 is 5.73 Å². The molecule has 1 aromatic rings. The van der Waals surface area contributed by atoms with Crippen molar-refractivity contribution in [3.05, 3.63) is 35.9 Å². The van der Waals surface area contributed by atoms with Gasteiger partial charge in [0.25, 0.3) is 0 Å². The third-order valence-electron chi connectivity index (χ3n) is 1.06. The van der Waals surface area contributed by atoms with Gasteiger partial charge in [-0.3, -0.25) is 4.79 Å². The molecule has 1 rings (SSSR count). The van der Waals surface area contributed by atoms with Crippen molar-refractivity contribution in [3.63, 3.8) is 0 Å². The summed E-state index contributed by atoms with van der Waals surface area (Å²) in [5, 5.41) is 0. The summed E-state index contributed by atoms with van der Waals surface area (Å²) in [6.07, 6.45) is 1.47. The van der Waals surface area contributed by atoms with Crippen molar-refractivity contribution in [3.8, 4) is 0 Å². The molecule has 0 aliphatic carbocycles. The summed E-state index contributed by atoms with van der Waals surface area (Å²) in [7, 11) is 0. The molecule has 0 unspecified atom stereocenters. The smallest absolute Gasteiger partial charge is 0.248 e. The molecule has 0 bridgehead atoms. The average Bonchev–Trinajstić information content (AvgIpc) is 2.25. The Morgan fingerprint density at radius 1 is 1.15 bits per heavy atom. The maximum absolute atomic E-state index is 10.4. The second kappa shape index (κ2) is 11.0. The summed E-state index contributed by atoms with van der Waals surface area (Å²) < 4.78 is 0. The summed E-state index contributed by atoms with van der Waals surface area (Å²) in [5.41, 5.74) is 5.53. The maximum atomic E-state index is 10.4. The van der Waals surface area contributed by atoms with E-state index in [-0.39, 0.29) is 5.91 Å². The number of nitrogens with two attached hydrogens (primary N) is 1. The van der Waals surface area contributed by atoms with E-state index < -0.39 is 0 Å². The van der Waals surface area contributed by atoms with E-state index >= 15 is 0 Å². The van der Waals surface area contributed by atoms with Crippen LogP contribution in [0, 0.1) is 0 Å². The third kappa shape index (κ3) is 7.34. The van der Waals surface area contributed by atoms with Gasteiger partial charge in [0.15, 0.2) is 0 Å². The summed E-state index contributed by atoms with van der Waals surface area (Å²) in [6, 6.07) is 8.76. The lowest BCUT2D eigenvalue weighted by atomic mass is 10.2. The van der Waals surface area contributed by atoms with Gasteiger partial charge in [0.05, 0.1) is 0 Å². The highest BCUT2D eigenvalue weighted by molar-refractivity contribution is 6.15. The number of carbonyl (C=O) groups excluding carboxylic acids is 1. The van der Waals surface area contributed by atoms with Crippen LogP contribution in [0.1, 0.15) is 24.2 Å². The Kier molecular flexibility index (Phi) is 12.2. The van der Waals surface area contributed by atoms with Crippen LogP contribution in [0.5, 0.6) is 0 Å². The lowest BCUT2D eigenvalue weighted by Gasteiger charge is -1.89. The largest absolute Gasteiger partial charge is 0.366 e. The number of primary amides is 1. The first-order chi connectivity index (χ1) is 6.30. The molecule has 3 heteroatoms. The SMILES string of the molecule is CC.CCl.NC(=O)c1ccccc1. The number of alkyl halides is 1. The van der Waals surface area contributed by atoms with Crippen molar-refractivity contribution >= 4 is 17.5 Å². The minimum Gasteiger partial charge on any atom is -0.366 e. The Balaban J connectivity index is 0. The van der Waals surface area contributed by atoms with Gasteiger partial charge in [-0.25, -0.2) is 0 Å². The van der Waals surface area contributed by atoms with Gasteiger partial charge in [-0.2, -0.15) is 0 Å². The average molecular weight is 202 g/mol. The van der Waals surface area contributed by atoms with Crippen LogP contribution in [0.15, 0.2) is 30.3 Å². The number of amides is 1. The number of benzene rings is 1. The molecule has 2 N–H and O–H groups in total. The summed E-state index contributed by atoms with van der Waals surface area (Å²) in [4.78, 5) is 10.4. The van der Waals surface area contributed by atoms with Crippen molar-refractivity contribution in [1.82, 2.24) is 0 Å². The van der Waals surface area contributed by atoms with Crippen LogP contribution in [-0.2, 0) is 0 Å². The molecule has 0 saturated heterocycles. The first-order valence-electron chi connectivity index (χ1n) is 4.03. The molecular formula is C10H16ClNO. The molecule has 0 aromatic heterocycles. The fourth-order valence-corrected chi connectivity index (χ4v) is 0.602. The molecule has 0 spiro atoms. The highest BCUT2D eigenvalue weighted by atomic mass is 35.5. The van der Waals surface area contributed by atoms with Crippen molar-refractivity contribution in [2.24, 2.45) is 5.73 Å². The number of hydrogen-bond donors (Lipinski definition) is 1. The lowest BCUT2D eigenvalue weighted by molar-refractivity contribution is 0.100. The standard InChI is InChI=1S/C7H7NO.C2H6.CH3Cl/c8-7(9)6-4-2-1-3-5-6;2*1-2/h1-5H,(H2,8,9);1-2H3;1H3. The Hall–Kier alpha value is -1.02. The summed E-state index contributed by atoms with van der Waals surface area (Å²) in [6.45, 7) is 4.00. The molecule has 1 aromatic carbocycles. The van der Waals surface area contributed by atoms with Crippen LogP contribution in [0.4, 0.5) is 0 Å². The predicted molar refractivity (Wildman–Crippen MR) is 58.1 cm³/mol. The Morgan fingerprint density at radius 3 is 1.77 bits per heavy atom. The molecule has 0 heterocycles. The predicted octanol–water partition coefficient (Wildman–Crippen LogP) is 2.67. The van der Waals surface area contributed by atoms with E-state index in [4.69, 9.17) is 5.73 Å². The summed E-state index contributed by atoms with van der Waals surface area (Å²) in [5.74, 6) is -0.379. The molecule has 1 amide bonds. The minimum atomic E-state index is -0.379. The van der Waals surface area contributed by atoms with E-state index in [0.717, 1.165) is 0 Å². The zero-order valence-corrected chi connectivity index (χ0v) is 9.01.